The van der Waals surface area contributed by atoms with E-state index < -0.39 is 5.92 Å². The van der Waals surface area contributed by atoms with Crippen LogP contribution < -0.4 is 10.5 Å². The highest BCUT2D eigenvalue weighted by molar-refractivity contribution is 6.01. The molecule has 5 nitrogen and oxygen atoms in total. The Balaban J connectivity index is 3.05. The predicted octanol–water partition coefficient (Wildman–Crippen LogP) is 2.99. The standard InChI is InChI=1S/C18H25NO4/c1-5-15-16(9-14(19)10-18(15)23-4)17(22)8-13(12(3)21)7-6-11(2)20/h9-10,13H,5-8,19H2,1-4H3. The molecule has 0 saturated carbocycles. The average Bonchev–Trinajstić information content (AvgIpc) is 2.49. The highest BCUT2D eigenvalue weighted by Crippen LogP contribution is 2.29. The molecule has 126 valence electrons. The van der Waals surface area contributed by atoms with Gasteiger partial charge in [0.15, 0.2) is 5.78 Å². The molecule has 0 aliphatic heterocycles. The van der Waals surface area contributed by atoms with Crippen LogP contribution >= 0.6 is 0 Å². The summed E-state index contributed by atoms with van der Waals surface area (Å²) in [5, 5.41) is 0. The molecule has 5 heteroatoms. The number of ether oxygens (including phenoxy) is 1. The summed E-state index contributed by atoms with van der Waals surface area (Å²) in [7, 11) is 1.54. The average molecular weight is 319 g/mol. The number of benzene rings is 1. The van der Waals surface area contributed by atoms with E-state index in [9.17, 15) is 14.4 Å². The lowest BCUT2D eigenvalue weighted by atomic mass is 9.88. The molecule has 1 rings (SSSR count). The molecule has 0 spiro atoms. The summed E-state index contributed by atoms with van der Waals surface area (Å²) in [5.41, 5.74) is 7.58. The van der Waals surface area contributed by atoms with Crippen LogP contribution in [0.5, 0.6) is 5.75 Å². The van der Waals surface area contributed by atoms with Gasteiger partial charge in [0.1, 0.15) is 17.3 Å². The Morgan fingerprint density at radius 2 is 1.87 bits per heavy atom. The summed E-state index contributed by atoms with van der Waals surface area (Å²) in [6.45, 7) is 4.87. The number of anilines is 1. The number of carbonyl (C=O) groups excluding carboxylic acids is 3. The van der Waals surface area contributed by atoms with Gasteiger partial charge in [0.05, 0.1) is 7.11 Å². The predicted molar refractivity (Wildman–Crippen MR) is 89.8 cm³/mol. The van der Waals surface area contributed by atoms with E-state index in [4.69, 9.17) is 10.5 Å². The molecule has 0 aromatic heterocycles. The van der Waals surface area contributed by atoms with E-state index in [1.807, 2.05) is 6.92 Å². The lowest BCUT2D eigenvalue weighted by Gasteiger charge is -2.16. The molecule has 1 atom stereocenters. The van der Waals surface area contributed by atoms with E-state index in [-0.39, 0.29) is 23.8 Å². The van der Waals surface area contributed by atoms with Gasteiger partial charge in [-0.15, -0.1) is 0 Å². The molecule has 0 amide bonds. The topological polar surface area (TPSA) is 86.5 Å². The minimum atomic E-state index is -0.441. The van der Waals surface area contributed by atoms with Crippen molar-refractivity contribution in [3.8, 4) is 5.75 Å². The number of ketones is 3. The zero-order chi connectivity index (χ0) is 17.6. The quantitative estimate of drug-likeness (QED) is 0.558. The SMILES string of the molecule is CCc1c(OC)cc(N)cc1C(=O)CC(CCC(C)=O)C(C)=O. The first kappa shape index (κ1) is 18.9. The lowest BCUT2D eigenvalue weighted by molar-refractivity contribution is -0.121. The van der Waals surface area contributed by atoms with Gasteiger partial charge in [-0.3, -0.25) is 9.59 Å². The second-order valence-corrected chi connectivity index (χ2v) is 5.78. The second kappa shape index (κ2) is 8.46. The molecule has 0 fully saturated rings. The Bertz CT molecular complexity index is 607. The zero-order valence-corrected chi connectivity index (χ0v) is 14.3. The van der Waals surface area contributed by atoms with Crippen molar-refractivity contribution in [2.45, 2.75) is 46.5 Å². The fraction of sp³-hybridized carbons (Fsp3) is 0.500. The number of rotatable bonds is 9. The third kappa shape index (κ3) is 5.20. The molecular weight excluding hydrogens is 294 g/mol. The van der Waals surface area contributed by atoms with Crippen molar-refractivity contribution in [3.05, 3.63) is 23.3 Å². The van der Waals surface area contributed by atoms with Crippen LogP contribution in [0.25, 0.3) is 0 Å². The monoisotopic (exact) mass is 319 g/mol. The molecular formula is C18H25NO4. The molecule has 0 heterocycles. The minimum Gasteiger partial charge on any atom is -0.496 e. The number of hydrogen-bond acceptors (Lipinski definition) is 5. The van der Waals surface area contributed by atoms with Crippen LogP contribution in [-0.2, 0) is 16.0 Å². The van der Waals surface area contributed by atoms with E-state index >= 15 is 0 Å². The molecule has 0 bridgehead atoms. The summed E-state index contributed by atoms with van der Waals surface area (Å²) in [5.74, 6) is -0.0595. The highest BCUT2D eigenvalue weighted by Gasteiger charge is 2.23. The van der Waals surface area contributed by atoms with Gasteiger partial charge in [-0.05, 0) is 32.8 Å². The summed E-state index contributed by atoms with van der Waals surface area (Å²) >= 11 is 0. The number of nitrogens with two attached hydrogens (primary N) is 1. The molecule has 0 aliphatic carbocycles. The molecule has 0 saturated heterocycles. The van der Waals surface area contributed by atoms with E-state index in [2.05, 4.69) is 0 Å². The summed E-state index contributed by atoms with van der Waals surface area (Å²) in [6, 6.07) is 3.32. The molecule has 2 N–H and O–H groups in total. The van der Waals surface area contributed by atoms with Crippen molar-refractivity contribution >= 4 is 23.0 Å². The van der Waals surface area contributed by atoms with E-state index in [0.717, 1.165) is 5.56 Å². The van der Waals surface area contributed by atoms with Crippen molar-refractivity contribution in [3.63, 3.8) is 0 Å². The van der Waals surface area contributed by atoms with Crippen molar-refractivity contribution in [2.24, 2.45) is 5.92 Å². The first-order valence-corrected chi connectivity index (χ1v) is 7.79. The number of nitrogen functional groups attached to an aromatic ring is 1. The fourth-order valence-corrected chi connectivity index (χ4v) is 2.62. The van der Waals surface area contributed by atoms with Gasteiger partial charge in [-0.1, -0.05) is 6.92 Å². The Morgan fingerprint density at radius 3 is 2.35 bits per heavy atom. The maximum atomic E-state index is 12.7. The third-order valence-corrected chi connectivity index (χ3v) is 3.96. The van der Waals surface area contributed by atoms with Gasteiger partial charge in [0.25, 0.3) is 0 Å². The van der Waals surface area contributed by atoms with Gasteiger partial charge < -0.3 is 15.3 Å². The Labute approximate surface area is 137 Å². The normalized spacial score (nSPS) is 11.8. The van der Waals surface area contributed by atoms with Crippen molar-refractivity contribution in [2.75, 3.05) is 12.8 Å². The number of methoxy groups -OCH3 is 1. The van der Waals surface area contributed by atoms with Gasteiger partial charge in [0.2, 0.25) is 0 Å². The molecule has 23 heavy (non-hydrogen) atoms. The molecule has 1 aromatic rings. The summed E-state index contributed by atoms with van der Waals surface area (Å²) in [4.78, 5) is 35.5. The van der Waals surface area contributed by atoms with Crippen LogP contribution in [0.2, 0.25) is 0 Å². The van der Waals surface area contributed by atoms with Gasteiger partial charge >= 0.3 is 0 Å². The van der Waals surface area contributed by atoms with E-state index in [1.54, 1.807) is 12.1 Å². The lowest BCUT2D eigenvalue weighted by Crippen LogP contribution is -2.18. The largest absolute Gasteiger partial charge is 0.496 e. The van der Waals surface area contributed by atoms with Crippen LogP contribution in [0.1, 0.15) is 56.0 Å². The molecule has 1 aromatic carbocycles. The Morgan fingerprint density at radius 1 is 1.22 bits per heavy atom. The van der Waals surface area contributed by atoms with Crippen LogP contribution in [0.3, 0.4) is 0 Å². The zero-order valence-electron chi connectivity index (χ0n) is 14.3. The van der Waals surface area contributed by atoms with Crippen LogP contribution in [0.15, 0.2) is 12.1 Å². The van der Waals surface area contributed by atoms with Crippen LogP contribution in [-0.4, -0.2) is 24.5 Å². The fourth-order valence-electron chi connectivity index (χ4n) is 2.62. The van der Waals surface area contributed by atoms with Crippen molar-refractivity contribution in [1.82, 2.24) is 0 Å². The van der Waals surface area contributed by atoms with Crippen molar-refractivity contribution < 1.29 is 19.1 Å². The van der Waals surface area contributed by atoms with Gasteiger partial charge in [-0.25, -0.2) is 0 Å². The van der Waals surface area contributed by atoms with E-state index in [0.29, 0.717) is 36.3 Å². The van der Waals surface area contributed by atoms with Crippen LogP contribution in [0, 0.1) is 5.92 Å². The highest BCUT2D eigenvalue weighted by atomic mass is 16.5. The second-order valence-electron chi connectivity index (χ2n) is 5.78. The molecule has 1 unspecified atom stereocenters. The van der Waals surface area contributed by atoms with Gasteiger partial charge in [-0.2, -0.15) is 0 Å². The third-order valence-electron chi connectivity index (χ3n) is 3.96. The van der Waals surface area contributed by atoms with Gasteiger partial charge in [0, 0.05) is 41.6 Å². The first-order valence-electron chi connectivity index (χ1n) is 7.79. The number of carbonyl (C=O) groups is 3. The maximum absolute atomic E-state index is 12.7. The summed E-state index contributed by atoms with van der Waals surface area (Å²) in [6.07, 6.45) is 1.42. The van der Waals surface area contributed by atoms with Crippen molar-refractivity contribution in [1.29, 1.82) is 0 Å². The number of Topliss-reactive ketones (excluding diaryl/α,β-unsaturated/α-hetero) is 3. The first-order chi connectivity index (χ1) is 10.8. The van der Waals surface area contributed by atoms with E-state index in [1.165, 1.54) is 21.0 Å². The summed E-state index contributed by atoms with van der Waals surface area (Å²) < 4.78 is 5.30. The van der Waals surface area contributed by atoms with Crippen LogP contribution in [0.4, 0.5) is 5.69 Å². The maximum Gasteiger partial charge on any atom is 0.164 e. The minimum absolute atomic E-state index is 0.0172. The Kier molecular flexibility index (Phi) is 6.94. The Hall–Kier alpha value is -2.17. The number of hydrogen-bond donors (Lipinski definition) is 1. The molecule has 0 radical (unpaired) electrons. The molecule has 0 aliphatic rings. The smallest absolute Gasteiger partial charge is 0.164 e.